The minimum Gasteiger partial charge on any atom is -0.330 e. The molecule has 0 atom stereocenters. The molecular formula is C21H21N5. The summed E-state index contributed by atoms with van der Waals surface area (Å²) in [5.41, 5.74) is 4.23. The minimum absolute atomic E-state index is 0.710. The molecule has 0 bridgehead atoms. The summed E-state index contributed by atoms with van der Waals surface area (Å²) in [5.74, 6) is 0.951. The minimum atomic E-state index is 0.710. The first kappa shape index (κ1) is 16.3. The van der Waals surface area contributed by atoms with E-state index in [0.29, 0.717) is 6.54 Å². The topological polar surface area (TPSA) is 48.5 Å². The van der Waals surface area contributed by atoms with Crippen LogP contribution in [0.15, 0.2) is 73.6 Å². The first-order valence-electron chi connectivity index (χ1n) is 8.87. The van der Waals surface area contributed by atoms with Gasteiger partial charge >= 0.3 is 0 Å². The van der Waals surface area contributed by atoms with Crippen molar-refractivity contribution in [3.63, 3.8) is 0 Å². The Morgan fingerprint density at radius 3 is 2.58 bits per heavy atom. The van der Waals surface area contributed by atoms with Gasteiger partial charge < -0.3 is 9.13 Å². The Morgan fingerprint density at radius 1 is 0.923 bits per heavy atom. The lowest BCUT2D eigenvalue weighted by atomic mass is 10.1. The van der Waals surface area contributed by atoms with Crippen LogP contribution in [0.3, 0.4) is 0 Å². The average molecular weight is 343 g/mol. The normalized spacial score (nSPS) is 11.0. The standard InChI is InChI=1S/C21H21N5/c1-2-12-25-13-11-23-21(25)20-19(18-8-4-3-5-9-18)24-16-26(20)15-17-7-6-10-22-14-17/h3-11,13-14,16H,2,12,15H2,1H3. The number of hydrogen-bond acceptors (Lipinski definition) is 3. The lowest BCUT2D eigenvalue weighted by Gasteiger charge is -2.12. The molecule has 0 fully saturated rings. The van der Waals surface area contributed by atoms with Crippen LogP contribution in [0.5, 0.6) is 0 Å². The van der Waals surface area contributed by atoms with E-state index in [9.17, 15) is 0 Å². The van der Waals surface area contributed by atoms with Crippen LogP contribution in [0.25, 0.3) is 22.8 Å². The van der Waals surface area contributed by atoms with E-state index >= 15 is 0 Å². The fourth-order valence-corrected chi connectivity index (χ4v) is 3.18. The highest BCUT2D eigenvalue weighted by molar-refractivity contribution is 5.75. The molecule has 26 heavy (non-hydrogen) atoms. The van der Waals surface area contributed by atoms with Crippen molar-refractivity contribution in [1.29, 1.82) is 0 Å². The second-order valence-electron chi connectivity index (χ2n) is 6.24. The maximum Gasteiger partial charge on any atom is 0.158 e. The molecule has 0 aliphatic rings. The molecule has 3 heterocycles. The largest absolute Gasteiger partial charge is 0.330 e. The van der Waals surface area contributed by atoms with Gasteiger partial charge in [-0.25, -0.2) is 9.97 Å². The van der Waals surface area contributed by atoms with Crippen molar-refractivity contribution in [3.8, 4) is 22.8 Å². The summed E-state index contributed by atoms with van der Waals surface area (Å²) in [6, 6.07) is 14.3. The number of benzene rings is 1. The molecule has 0 amide bonds. The van der Waals surface area contributed by atoms with Gasteiger partial charge in [0.15, 0.2) is 5.82 Å². The van der Waals surface area contributed by atoms with Crippen molar-refractivity contribution in [2.24, 2.45) is 0 Å². The van der Waals surface area contributed by atoms with Crippen LogP contribution in [-0.4, -0.2) is 24.1 Å². The van der Waals surface area contributed by atoms with Crippen LogP contribution >= 0.6 is 0 Å². The van der Waals surface area contributed by atoms with E-state index in [-0.39, 0.29) is 0 Å². The number of aromatic nitrogens is 5. The molecule has 4 aromatic rings. The van der Waals surface area contributed by atoms with Gasteiger partial charge in [0, 0.05) is 36.9 Å². The molecule has 0 unspecified atom stereocenters. The Morgan fingerprint density at radius 2 is 1.81 bits per heavy atom. The zero-order valence-corrected chi connectivity index (χ0v) is 14.8. The fourth-order valence-electron chi connectivity index (χ4n) is 3.18. The summed E-state index contributed by atoms with van der Waals surface area (Å²) in [6.07, 6.45) is 10.5. The first-order valence-corrected chi connectivity index (χ1v) is 8.87. The fraction of sp³-hybridized carbons (Fsp3) is 0.190. The Hall–Kier alpha value is -3.21. The van der Waals surface area contributed by atoms with Gasteiger partial charge in [0.1, 0.15) is 5.69 Å². The number of imidazole rings is 2. The molecule has 5 nitrogen and oxygen atoms in total. The lowest BCUT2D eigenvalue weighted by molar-refractivity contribution is 0.677. The van der Waals surface area contributed by atoms with E-state index in [1.807, 2.05) is 49.2 Å². The highest BCUT2D eigenvalue weighted by Gasteiger charge is 2.19. The zero-order chi connectivity index (χ0) is 17.8. The van der Waals surface area contributed by atoms with E-state index in [1.54, 1.807) is 6.20 Å². The maximum absolute atomic E-state index is 4.73. The SMILES string of the molecule is CCCn1ccnc1-c1c(-c2ccccc2)ncn1Cc1cccnc1. The van der Waals surface area contributed by atoms with E-state index in [4.69, 9.17) is 4.98 Å². The quantitative estimate of drug-likeness (QED) is 0.525. The third kappa shape index (κ3) is 3.16. The summed E-state index contributed by atoms with van der Waals surface area (Å²) in [5, 5.41) is 0. The zero-order valence-electron chi connectivity index (χ0n) is 14.8. The van der Waals surface area contributed by atoms with Gasteiger partial charge in [-0.05, 0) is 18.1 Å². The number of rotatable bonds is 6. The highest BCUT2D eigenvalue weighted by atomic mass is 15.1. The van der Waals surface area contributed by atoms with Crippen LogP contribution in [0, 0.1) is 0 Å². The molecule has 0 aliphatic heterocycles. The summed E-state index contributed by atoms with van der Waals surface area (Å²) < 4.78 is 4.36. The lowest BCUT2D eigenvalue weighted by Crippen LogP contribution is -2.06. The van der Waals surface area contributed by atoms with E-state index in [2.05, 4.69) is 44.2 Å². The Labute approximate surface area is 153 Å². The maximum atomic E-state index is 4.73. The number of aryl methyl sites for hydroxylation is 1. The molecule has 0 radical (unpaired) electrons. The van der Waals surface area contributed by atoms with Crippen LogP contribution in [0.1, 0.15) is 18.9 Å². The van der Waals surface area contributed by atoms with Gasteiger partial charge in [0.2, 0.25) is 0 Å². The third-order valence-electron chi connectivity index (χ3n) is 4.35. The van der Waals surface area contributed by atoms with Crippen molar-refractivity contribution in [2.45, 2.75) is 26.4 Å². The Balaban J connectivity index is 1.85. The number of hydrogen-bond donors (Lipinski definition) is 0. The van der Waals surface area contributed by atoms with Crippen LogP contribution in [-0.2, 0) is 13.1 Å². The second kappa shape index (κ2) is 7.35. The van der Waals surface area contributed by atoms with Crippen molar-refractivity contribution in [1.82, 2.24) is 24.1 Å². The van der Waals surface area contributed by atoms with Gasteiger partial charge in [-0.1, -0.05) is 43.3 Å². The molecule has 0 spiro atoms. The third-order valence-corrected chi connectivity index (χ3v) is 4.35. The number of nitrogens with zero attached hydrogens (tertiary/aromatic N) is 5. The molecule has 0 N–H and O–H groups in total. The average Bonchev–Trinajstić information content (AvgIpc) is 3.30. The van der Waals surface area contributed by atoms with Crippen LogP contribution < -0.4 is 0 Å². The second-order valence-corrected chi connectivity index (χ2v) is 6.24. The molecule has 0 saturated heterocycles. The molecule has 1 aromatic carbocycles. The van der Waals surface area contributed by atoms with E-state index < -0.39 is 0 Å². The summed E-state index contributed by atoms with van der Waals surface area (Å²) >= 11 is 0. The van der Waals surface area contributed by atoms with Gasteiger partial charge in [-0.15, -0.1) is 0 Å². The van der Waals surface area contributed by atoms with Gasteiger partial charge in [0.25, 0.3) is 0 Å². The number of pyridine rings is 1. The van der Waals surface area contributed by atoms with Gasteiger partial charge in [0.05, 0.1) is 18.6 Å². The molecule has 0 saturated carbocycles. The van der Waals surface area contributed by atoms with Gasteiger partial charge in [-0.3, -0.25) is 4.98 Å². The van der Waals surface area contributed by atoms with Crippen LogP contribution in [0.2, 0.25) is 0 Å². The first-order chi connectivity index (χ1) is 12.9. The molecule has 5 heteroatoms. The predicted molar refractivity (Wildman–Crippen MR) is 103 cm³/mol. The summed E-state index contributed by atoms with van der Waals surface area (Å²) in [7, 11) is 0. The van der Waals surface area contributed by atoms with Crippen molar-refractivity contribution in [2.75, 3.05) is 0 Å². The molecule has 4 rings (SSSR count). The van der Waals surface area contributed by atoms with Crippen molar-refractivity contribution >= 4 is 0 Å². The van der Waals surface area contributed by atoms with Gasteiger partial charge in [-0.2, -0.15) is 0 Å². The van der Waals surface area contributed by atoms with Crippen molar-refractivity contribution in [3.05, 3.63) is 79.1 Å². The smallest absolute Gasteiger partial charge is 0.158 e. The highest BCUT2D eigenvalue weighted by Crippen LogP contribution is 2.31. The Kier molecular flexibility index (Phi) is 4.60. The monoisotopic (exact) mass is 343 g/mol. The van der Waals surface area contributed by atoms with Crippen LogP contribution in [0.4, 0.5) is 0 Å². The van der Waals surface area contributed by atoms with E-state index in [0.717, 1.165) is 41.3 Å². The molecular weight excluding hydrogens is 322 g/mol. The molecule has 0 aliphatic carbocycles. The van der Waals surface area contributed by atoms with E-state index in [1.165, 1.54) is 0 Å². The van der Waals surface area contributed by atoms with Crippen molar-refractivity contribution < 1.29 is 0 Å². The summed E-state index contributed by atoms with van der Waals surface area (Å²) in [4.78, 5) is 13.6. The predicted octanol–water partition coefficient (Wildman–Crippen LogP) is 4.27. The summed E-state index contributed by atoms with van der Waals surface area (Å²) in [6.45, 7) is 3.82. The Bertz CT molecular complexity index is 970. The molecule has 3 aromatic heterocycles. The molecule has 130 valence electrons.